The molecule has 2 atom stereocenters. The second-order valence-corrected chi connectivity index (χ2v) is 7.33. The maximum atomic E-state index is 3.78. The Balaban J connectivity index is 0.000000141. The van der Waals surface area contributed by atoms with Crippen LogP contribution in [0.25, 0.3) is 0 Å². The van der Waals surface area contributed by atoms with Crippen molar-refractivity contribution in [2.24, 2.45) is 11.3 Å². The summed E-state index contributed by atoms with van der Waals surface area (Å²) in [5, 5.41) is 0. The Hall–Kier alpha value is -1.82. The number of hydrogen-bond donors (Lipinski definition) is 0. The van der Waals surface area contributed by atoms with Crippen molar-refractivity contribution in [3.63, 3.8) is 0 Å². The van der Waals surface area contributed by atoms with Gasteiger partial charge in [-0.25, -0.2) is 0 Å². The maximum Gasteiger partial charge on any atom is -0.00491 e. The van der Waals surface area contributed by atoms with E-state index in [1.165, 1.54) is 38.5 Å². The second kappa shape index (κ2) is 7.83. The van der Waals surface area contributed by atoms with Gasteiger partial charge in [-0.2, -0.15) is 0 Å². The summed E-state index contributed by atoms with van der Waals surface area (Å²) in [6, 6.07) is 6.67. The first-order chi connectivity index (χ1) is 11.8. The van der Waals surface area contributed by atoms with Crippen LogP contribution in [0.15, 0.2) is 67.8 Å². The number of hydrogen-bond acceptors (Lipinski definition) is 0. The van der Waals surface area contributed by atoms with Crippen LogP contribution >= 0.6 is 0 Å². The van der Waals surface area contributed by atoms with Gasteiger partial charge >= 0.3 is 0 Å². The average Bonchev–Trinajstić information content (AvgIpc) is 2.55. The van der Waals surface area contributed by atoms with Gasteiger partial charge in [0.2, 0.25) is 0 Å². The summed E-state index contributed by atoms with van der Waals surface area (Å²) < 4.78 is 0. The fraction of sp³-hybridized carbons (Fsp3) is 0.417. The fourth-order valence-corrected chi connectivity index (χ4v) is 4.20. The Morgan fingerprint density at radius 2 is 1.96 bits per heavy atom. The summed E-state index contributed by atoms with van der Waals surface area (Å²) in [4.78, 5) is 0. The van der Waals surface area contributed by atoms with Crippen molar-refractivity contribution in [3.05, 3.63) is 84.5 Å². The van der Waals surface area contributed by atoms with E-state index in [-0.39, 0.29) is 0 Å². The highest BCUT2D eigenvalue weighted by molar-refractivity contribution is 5.42. The third-order valence-electron chi connectivity index (χ3n) is 5.99. The summed E-state index contributed by atoms with van der Waals surface area (Å²) in [6.45, 7) is 7.53. The molecule has 4 rings (SSSR count). The Bertz CT molecular complexity index is 646. The van der Waals surface area contributed by atoms with Crippen molar-refractivity contribution in [2.45, 2.75) is 51.4 Å². The molecule has 1 fully saturated rings. The SMILES string of the molecule is C=CCCC12C=CC=CC1CC2.C=CCCc1cccc2c1CC2. The molecular weight excluding hydrogens is 288 g/mol. The first-order valence-electron chi connectivity index (χ1n) is 9.46. The van der Waals surface area contributed by atoms with E-state index in [9.17, 15) is 0 Å². The van der Waals surface area contributed by atoms with E-state index in [1.807, 2.05) is 12.2 Å². The molecule has 0 aliphatic heterocycles. The van der Waals surface area contributed by atoms with Crippen molar-refractivity contribution in [3.8, 4) is 0 Å². The fourth-order valence-electron chi connectivity index (χ4n) is 4.20. The van der Waals surface area contributed by atoms with E-state index in [0.717, 1.165) is 18.8 Å². The first kappa shape index (κ1) is 17.0. The number of benzene rings is 1. The normalized spacial score (nSPS) is 25.2. The van der Waals surface area contributed by atoms with E-state index in [4.69, 9.17) is 0 Å². The highest BCUT2D eigenvalue weighted by atomic mass is 14.5. The minimum atomic E-state index is 0.531. The van der Waals surface area contributed by atoms with Gasteiger partial charge in [0.1, 0.15) is 0 Å². The van der Waals surface area contributed by atoms with Crippen LogP contribution in [0.3, 0.4) is 0 Å². The summed E-state index contributed by atoms with van der Waals surface area (Å²) in [5.74, 6) is 0.836. The van der Waals surface area contributed by atoms with Crippen molar-refractivity contribution in [1.82, 2.24) is 0 Å². The maximum absolute atomic E-state index is 3.78. The van der Waals surface area contributed by atoms with Crippen LogP contribution < -0.4 is 0 Å². The molecule has 0 heterocycles. The lowest BCUT2D eigenvalue weighted by molar-refractivity contribution is 0.113. The smallest absolute Gasteiger partial charge is 0.00491 e. The molecule has 0 N–H and O–H groups in total. The standard InChI is InChI=1S/C12H16.C12H14/c1-2-3-8-12-9-5-4-6-11(12)7-10-12;1-2-3-5-10-6-4-7-11-8-9-12(10)11/h2,4-6,9,11H,1,3,7-8,10H2;2,4,6-7H,1,3,5,8-9H2. The Labute approximate surface area is 147 Å². The zero-order valence-corrected chi connectivity index (χ0v) is 14.8. The highest BCUT2D eigenvalue weighted by Gasteiger charge is 2.42. The van der Waals surface area contributed by atoms with Gasteiger partial charge in [-0.1, -0.05) is 54.7 Å². The van der Waals surface area contributed by atoms with Crippen LogP contribution in [0.5, 0.6) is 0 Å². The predicted molar refractivity (Wildman–Crippen MR) is 105 cm³/mol. The van der Waals surface area contributed by atoms with Crippen LogP contribution in [0.1, 0.15) is 48.8 Å². The molecule has 3 aliphatic carbocycles. The van der Waals surface area contributed by atoms with Gasteiger partial charge < -0.3 is 0 Å². The summed E-state index contributed by atoms with van der Waals surface area (Å²) in [7, 11) is 0. The molecular formula is C24H30. The van der Waals surface area contributed by atoms with Gasteiger partial charge in [0.25, 0.3) is 0 Å². The summed E-state index contributed by atoms with van der Waals surface area (Å²) >= 11 is 0. The molecule has 1 aromatic rings. The van der Waals surface area contributed by atoms with Gasteiger partial charge in [0, 0.05) is 0 Å². The van der Waals surface area contributed by atoms with Crippen molar-refractivity contribution in [2.75, 3.05) is 0 Å². The average molecular weight is 319 g/mol. The minimum Gasteiger partial charge on any atom is -0.103 e. The van der Waals surface area contributed by atoms with Crippen LogP contribution in [-0.4, -0.2) is 0 Å². The van der Waals surface area contributed by atoms with Gasteiger partial charge in [-0.15, -0.1) is 13.2 Å². The van der Waals surface area contributed by atoms with Gasteiger partial charge in [0.15, 0.2) is 0 Å². The molecule has 0 heteroatoms. The number of aryl methyl sites for hydroxylation is 2. The predicted octanol–water partition coefficient (Wildman–Crippen LogP) is 6.38. The first-order valence-corrected chi connectivity index (χ1v) is 9.46. The molecule has 0 spiro atoms. The van der Waals surface area contributed by atoms with E-state index in [1.54, 1.807) is 16.7 Å². The molecule has 1 aromatic carbocycles. The van der Waals surface area contributed by atoms with Gasteiger partial charge in [-0.05, 0) is 79.4 Å². The van der Waals surface area contributed by atoms with E-state index in [0.29, 0.717) is 5.41 Å². The largest absolute Gasteiger partial charge is 0.103 e. The summed E-state index contributed by atoms with van der Waals surface area (Å²) in [5.41, 5.74) is 5.25. The quantitative estimate of drug-likeness (QED) is 0.534. The highest BCUT2D eigenvalue weighted by Crippen LogP contribution is 2.53. The minimum absolute atomic E-state index is 0.531. The number of rotatable bonds is 6. The molecule has 0 saturated heterocycles. The van der Waals surface area contributed by atoms with Crippen molar-refractivity contribution >= 4 is 0 Å². The van der Waals surface area contributed by atoms with Crippen LogP contribution in [0.4, 0.5) is 0 Å². The van der Waals surface area contributed by atoms with Crippen LogP contribution in [0, 0.1) is 11.3 Å². The van der Waals surface area contributed by atoms with E-state index >= 15 is 0 Å². The molecule has 0 amide bonds. The zero-order valence-electron chi connectivity index (χ0n) is 14.8. The Morgan fingerprint density at radius 3 is 2.58 bits per heavy atom. The van der Waals surface area contributed by atoms with E-state index in [2.05, 4.69) is 55.7 Å². The van der Waals surface area contributed by atoms with Crippen molar-refractivity contribution < 1.29 is 0 Å². The lowest BCUT2D eigenvalue weighted by Gasteiger charge is -2.48. The topological polar surface area (TPSA) is 0 Å². The molecule has 0 aromatic heterocycles. The summed E-state index contributed by atoms with van der Waals surface area (Å²) in [6.07, 6.45) is 23.3. The Morgan fingerprint density at radius 1 is 1.08 bits per heavy atom. The third kappa shape index (κ3) is 3.48. The van der Waals surface area contributed by atoms with E-state index < -0.39 is 0 Å². The second-order valence-electron chi connectivity index (χ2n) is 7.33. The molecule has 0 radical (unpaired) electrons. The van der Waals surface area contributed by atoms with Crippen LogP contribution in [0.2, 0.25) is 0 Å². The van der Waals surface area contributed by atoms with Crippen molar-refractivity contribution in [1.29, 1.82) is 0 Å². The molecule has 0 bridgehead atoms. The lowest BCUT2D eigenvalue weighted by Crippen LogP contribution is -2.38. The van der Waals surface area contributed by atoms with Gasteiger partial charge in [0.05, 0.1) is 0 Å². The zero-order chi connectivity index (χ0) is 16.8. The third-order valence-corrected chi connectivity index (χ3v) is 5.99. The molecule has 24 heavy (non-hydrogen) atoms. The number of fused-ring (bicyclic) bond motifs is 2. The monoisotopic (exact) mass is 318 g/mol. The number of allylic oxidation sites excluding steroid dienone is 6. The Kier molecular flexibility index (Phi) is 5.56. The molecule has 1 saturated carbocycles. The van der Waals surface area contributed by atoms with Crippen LogP contribution in [-0.2, 0) is 19.3 Å². The lowest BCUT2D eigenvalue weighted by atomic mass is 9.56. The van der Waals surface area contributed by atoms with Gasteiger partial charge in [-0.3, -0.25) is 0 Å². The molecule has 0 nitrogen and oxygen atoms in total. The molecule has 2 unspecified atom stereocenters. The molecule has 3 aliphatic rings. The molecule has 126 valence electrons.